The Morgan fingerprint density at radius 3 is 2.43 bits per heavy atom. The predicted octanol–water partition coefficient (Wildman–Crippen LogP) is 4.58. The van der Waals surface area contributed by atoms with Gasteiger partial charge >= 0.3 is 13.2 Å². The number of carbonyl (C=O) groups excluding carboxylic acids is 2. The number of fused-ring (bicyclic) bond motifs is 1. The van der Waals surface area contributed by atoms with Gasteiger partial charge in [-0.1, -0.05) is 12.1 Å². The highest BCUT2D eigenvalue weighted by molar-refractivity contribution is 6.63. The molecule has 2 aromatic rings. The van der Waals surface area contributed by atoms with Crippen LogP contribution < -0.4 is 10.8 Å². The number of aromatic nitrogens is 1. The maximum absolute atomic E-state index is 13.9. The molecule has 1 aromatic heterocycles. The molecule has 2 fully saturated rings. The van der Waals surface area contributed by atoms with Crippen molar-refractivity contribution in [3.05, 3.63) is 46.6 Å². The molecule has 0 radical (unpaired) electrons. The Morgan fingerprint density at radius 1 is 1.14 bits per heavy atom. The Kier molecular flexibility index (Phi) is 7.93. The summed E-state index contributed by atoms with van der Waals surface area (Å²) in [6, 6.07) is 7.77. The van der Waals surface area contributed by atoms with Crippen LogP contribution in [0.25, 0.3) is 0 Å². The molecule has 2 amide bonds. The molecule has 3 aliphatic rings. The minimum atomic E-state index is -0.749. The molecule has 5 rings (SSSR count). The monoisotopic (exact) mass is 578 g/mol. The average molecular weight is 579 g/mol. The van der Waals surface area contributed by atoms with Gasteiger partial charge in [0.05, 0.1) is 41.3 Å². The van der Waals surface area contributed by atoms with Crippen LogP contribution in [-0.2, 0) is 31.9 Å². The standard InChI is InChI=1S/C31H43BN4O6/c1-29(2,3)40-28(38)36-16-21-22(32-41-30(4,5)31(6,7)42-32)11-12-23(26(21)27(36)37)33-25-13-10-20(19-14-15-39-18-19)24(34-25)17-35(8)9/h10-13,19H,14-18H2,1-9H3,(H,33,34). The third kappa shape index (κ3) is 5.93. The Morgan fingerprint density at radius 2 is 1.83 bits per heavy atom. The van der Waals surface area contributed by atoms with Crippen LogP contribution in [0.5, 0.6) is 0 Å². The van der Waals surface area contributed by atoms with E-state index in [2.05, 4.69) is 16.3 Å². The zero-order chi connectivity index (χ0) is 30.6. The fourth-order valence-corrected chi connectivity index (χ4v) is 5.50. The second-order valence-electron chi connectivity index (χ2n) is 13.7. The molecule has 2 saturated heterocycles. The number of nitrogens with zero attached hydrogens (tertiary/aromatic N) is 3. The van der Waals surface area contributed by atoms with E-state index in [4.69, 9.17) is 23.8 Å². The normalized spacial score (nSPS) is 21.3. The van der Waals surface area contributed by atoms with Crippen LogP contribution >= 0.6 is 0 Å². The number of hydrogen-bond acceptors (Lipinski definition) is 9. The van der Waals surface area contributed by atoms with Gasteiger partial charge in [0.2, 0.25) is 0 Å². The second kappa shape index (κ2) is 10.9. The maximum atomic E-state index is 13.9. The minimum absolute atomic E-state index is 0.0535. The van der Waals surface area contributed by atoms with E-state index >= 15 is 0 Å². The van der Waals surface area contributed by atoms with Gasteiger partial charge in [0.15, 0.2) is 0 Å². The quantitative estimate of drug-likeness (QED) is 0.494. The number of benzene rings is 1. The van der Waals surface area contributed by atoms with E-state index < -0.39 is 35.9 Å². The molecule has 42 heavy (non-hydrogen) atoms. The smallest absolute Gasteiger partial charge is 0.443 e. The molecule has 10 nitrogen and oxygen atoms in total. The first-order valence-electron chi connectivity index (χ1n) is 14.6. The lowest BCUT2D eigenvalue weighted by atomic mass is 9.74. The summed E-state index contributed by atoms with van der Waals surface area (Å²) in [6.45, 7) is 15.4. The Balaban J connectivity index is 1.53. The van der Waals surface area contributed by atoms with Crippen molar-refractivity contribution in [2.45, 2.75) is 90.7 Å². The third-order valence-corrected chi connectivity index (χ3v) is 8.35. The van der Waals surface area contributed by atoms with Crippen LogP contribution in [0.1, 0.15) is 88.0 Å². The fraction of sp³-hybridized carbons (Fsp3) is 0.581. The lowest BCUT2D eigenvalue weighted by Gasteiger charge is -2.32. The Hall–Kier alpha value is -2.99. The molecule has 1 aromatic carbocycles. The number of anilines is 2. The summed E-state index contributed by atoms with van der Waals surface area (Å²) in [7, 11) is 3.34. The number of carbonyl (C=O) groups is 2. The lowest BCUT2D eigenvalue weighted by molar-refractivity contribution is 0.00578. The van der Waals surface area contributed by atoms with E-state index in [0.29, 0.717) is 47.2 Å². The highest BCUT2D eigenvalue weighted by Gasteiger charge is 2.53. The molecule has 0 saturated carbocycles. The topological polar surface area (TPSA) is 102 Å². The largest absolute Gasteiger partial charge is 0.495 e. The summed E-state index contributed by atoms with van der Waals surface area (Å²) in [5.74, 6) is 0.492. The van der Waals surface area contributed by atoms with Gasteiger partial charge in [-0.3, -0.25) is 4.79 Å². The van der Waals surface area contributed by atoms with Crippen LogP contribution in [0.4, 0.5) is 16.3 Å². The molecule has 1 atom stereocenters. The molecule has 226 valence electrons. The van der Waals surface area contributed by atoms with Gasteiger partial charge in [-0.2, -0.15) is 0 Å². The SMILES string of the molecule is CN(C)Cc1nc(Nc2ccc(B3OC(C)(C)C(C)(C)O3)c3c2C(=O)N(C(=O)OC(C)(C)C)C3)ccc1C1CCOC1. The van der Waals surface area contributed by atoms with E-state index in [9.17, 15) is 9.59 Å². The van der Waals surface area contributed by atoms with E-state index in [1.807, 2.05) is 60.0 Å². The van der Waals surface area contributed by atoms with Crippen LogP contribution in [0.15, 0.2) is 24.3 Å². The van der Waals surface area contributed by atoms with Crippen molar-refractivity contribution in [3.63, 3.8) is 0 Å². The molecule has 3 aliphatic heterocycles. The van der Waals surface area contributed by atoms with E-state index in [0.717, 1.165) is 23.6 Å². The molecule has 1 N–H and O–H groups in total. The van der Waals surface area contributed by atoms with Gasteiger partial charge in [0.1, 0.15) is 11.4 Å². The zero-order valence-electron chi connectivity index (χ0n) is 26.3. The molecular formula is C31H43BN4O6. The summed E-state index contributed by atoms with van der Waals surface area (Å²) in [5, 5.41) is 3.38. The predicted molar refractivity (Wildman–Crippen MR) is 161 cm³/mol. The van der Waals surface area contributed by atoms with E-state index in [1.165, 1.54) is 5.56 Å². The summed E-state index contributed by atoms with van der Waals surface area (Å²) in [5.41, 5.74) is 2.60. The molecule has 0 aliphatic carbocycles. The third-order valence-electron chi connectivity index (χ3n) is 8.35. The van der Waals surface area contributed by atoms with Gasteiger partial charge < -0.3 is 29.0 Å². The number of imide groups is 1. The fourth-order valence-electron chi connectivity index (χ4n) is 5.50. The van der Waals surface area contributed by atoms with Crippen molar-refractivity contribution in [1.29, 1.82) is 0 Å². The first-order valence-corrected chi connectivity index (χ1v) is 14.6. The zero-order valence-corrected chi connectivity index (χ0v) is 26.3. The van der Waals surface area contributed by atoms with Gasteiger partial charge in [-0.05, 0) is 97.7 Å². The molecule has 0 bridgehead atoms. The van der Waals surface area contributed by atoms with E-state index in [-0.39, 0.29) is 6.54 Å². The Labute approximate surface area is 249 Å². The van der Waals surface area contributed by atoms with Crippen molar-refractivity contribution in [3.8, 4) is 0 Å². The highest BCUT2D eigenvalue weighted by Crippen LogP contribution is 2.39. The van der Waals surface area contributed by atoms with Crippen molar-refractivity contribution in [2.75, 3.05) is 32.6 Å². The molecule has 0 spiro atoms. The number of rotatable bonds is 6. The lowest BCUT2D eigenvalue weighted by Crippen LogP contribution is -2.41. The first kappa shape index (κ1) is 30.5. The molecule has 1 unspecified atom stereocenters. The molecule has 11 heteroatoms. The minimum Gasteiger partial charge on any atom is -0.443 e. The van der Waals surface area contributed by atoms with Crippen LogP contribution in [0.2, 0.25) is 0 Å². The van der Waals surface area contributed by atoms with Crippen LogP contribution in [0, 0.1) is 0 Å². The summed E-state index contributed by atoms with van der Waals surface area (Å²) in [6.07, 6.45) is 0.279. The second-order valence-corrected chi connectivity index (χ2v) is 13.7. The first-order chi connectivity index (χ1) is 19.6. The maximum Gasteiger partial charge on any atom is 0.495 e. The number of ether oxygens (including phenoxy) is 2. The van der Waals surface area contributed by atoms with Crippen LogP contribution in [0.3, 0.4) is 0 Å². The number of amides is 2. The number of nitrogens with one attached hydrogen (secondary N) is 1. The van der Waals surface area contributed by atoms with Crippen molar-refractivity contribution < 1.29 is 28.4 Å². The van der Waals surface area contributed by atoms with Crippen molar-refractivity contribution in [2.24, 2.45) is 0 Å². The number of hydrogen-bond donors (Lipinski definition) is 1. The summed E-state index contributed by atoms with van der Waals surface area (Å²) < 4.78 is 23.9. The Bertz CT molecular complexity index is 1360. The average Bonchev–Trinajstić information content (AvgIpc) is 3.55. The van der Waals surface area contributed by atoms with Gasteiger partial charge in [0.25, 0.3) is 5.91 Å². The number of pyridine rings is 1. The van der Waals surface area contributed by atoms with Gasteiger partial charge in [-0.15, -0.1) is 0 Å². The molecule has 4 heterocycles. The molecular weight excluding hydrogens is 535 g/mol. The van der Waals surface area contributed by atoms with E-state index in [1.54, 1.807) is 20.8 Å². The van der Waals surface area contributed by atoms with Crippen LogP contribution in [-0.4, -0.2) is 78.0 Å². The van der Waals surface area contributed by atoms with Gasteiger partial charge in [-0.25, -0.2) is 14.7 Å². The highest BCUT2D eigenvalue weighted by atomic mass is 16.7. The van der Waals surface area contributed by atoms with Crippen molar-refractivity contribution >= 4 is 36.1 Å². The summed E-state index contributed by atoms with van der Waals surface area (Å²) in [4.78, 5) is 35.2. The summed E-state index contributed by atoms with van der Waals surface area (Å²) >= 11 is 0. The van der Waals surface area contributed by atoms with Crippen molar-refractivity contribution in [1.82, 2.24) is 14.8 Å². The van der Waals surface area contributed by atoms with Gasteiger partial charge in [0, 0.05) is 19.1 Å².